The summed E-state index contributed by atoms with van der Waals surface area (Å²) in [5.41, 5.74) is 1.52. The molecule has 0 unspecified atom stereocenters. The summed E-state index contributed by atoms with van der Waals surface area (Å²) in [6, 6.07) is 13.9. The zero-order chi connectivity index (χ0) is 16.9. The Morgan fingerprint density at radius 1 is 1.13 bits per heavy atom. The molecule has 0 spiro atoms. The van der Waals surface area contributed by atoms with Gasteiger partial charge in [-0.25, -0.2) is 8.42 Å². The lowest BCUT2D eigenvalue weighted by Crippen LogP contribution is -2.31. The topological polar surface area (TPSA) is 46.6 Å². The van der Waals surface area contributed by atoms with Crippen LogP contribution in [0.5, 0.6) is 5.75 Å². The average molecular weight is 331 g/mol. The van der Waals surface area contributed by atoms with E-state index in [0.717, 1.165) is 5.56 Å². The zero-order valence-electron chi connectivity index (χ0n) is 13.4. The number of hydrogen-bond acceptors (Lipinski definition) is 3. The molecule has 0 aliphatic heterocycles. The van der Waals surface area contributed by atoms with Crippen LogP contribution in [0.15, 0.2) is 66.1 Å². The Morgan fingerprint density at radius 2 is 1.78 bits per heavy atom. The number of rotatable bonds is 7. The van der Waals surface area contributed by atoms with Gasteiger partial charge in [0.05, 0.1) is 23.7 Å². The van der Waals surface area contributed by atoms with Crippen LogP contribution in [-0.4, -0.2) is 21.6 Å². The van der Waals surface area contributed by atoms with E-state index in [-0.39, 0.29) is 11.4 Å². The zero-order valence-corrected chi connectivity index (χ0v) is 14.2. The minimum Gasteiger partial charge on any atom is -0.492 e. The van der Waals surface area contributed by atoms with Crippen molar-refractivity contribution in [3.05, 3.63) is 66.7 Å². The normalized spacial score (nSPS) is 11.0. The van der Waals surface area contributed by atoms with Crippen LogP contribution in [0.4, 0.5) is 5.69 Å². The Bertz CT molecular complexity index is 767. The Balaban J connectivity index is 2.53. The quantitative estimate of drug-likeness (QED) is 0.726. The monoisotopic (exact) mass is 331 g/mol. The third-order valence-corrected chi connectivity index (χ3v) is 5.13. The standard InChI is InChI=1S/C18H21NO3S/c1-4-14-19(17-8-6-7-9-18(17)22-5-2)23(20,21)16-12-10-15(3)11-13-16/h4,6-13H,1,5,14H2,2-3H3. The first kappa shape index (κ1) is 17.1. The van der Waals surface area contributed by atoms with Crippen molar-refractivity contribution in [2.24, 2.45) is 0 Å². The minimum atomic E-state index is -3.69. The van der Waals surface area contributed by atoms with Crippen molar-refractivity contribution in [3.8, 4) is 5.75 Å². The third-order valence-electron chi connectivity index (χ3n) is 3.34. The Hall–Kier alpha value is -2.27. The average Bonchev–Trinajstić information content (AvgIpc) is 2.54. The molecule has 122 valence electrons. The summed E-state index contributed by atoms with van der Waals surface area (Å²) in [5.74, 6) is 0.535. The number of anilines is 1. The number of para-hydroxylation sites is 2. The van der Waals surface area contributed by atoms with E-state index in [0.29, 0.717) is 18.0 Å². The van der Waals surface area contributed by atoms with Gasteiger partial charge in [0, 0.05) is 0 Å². The molecule has 0 radical (unpaired) electrons. The van der Waals surface area contributed by atoms with Crippen LogP contribution < -0.4 is 9.04 Å². The van der Waals surface area contributed by atoms with Gasteiger partial charge in [0.15, 0.2) is 0 Å². The number of hydrogen-bond donors (Lipinski definition) is 0. The maximum absolute atomic E-state index is 13.0. The van der Waals surface area contributed by atoms with Gasteiger partial charge in [-0.2, -0.15) is 0 Å². The number of benzene rings is 2. The highest BCUT2D eigenvalue weighted by atomic mass is 32.2. The highest BCUT2D eigenvalue weighted by Crippen LogP contribution is 2.32. The molecule has 0 saturated heterocycles. The Kier molecular flexibility index (Phi) is 5.45. The van der Waals surface area contributed by atoms with E-state index in [2.05, 4.69) is 6.58 Å². The second kappa shape index (κ2) is 7.33. The first-order chi connectivity index (χ1) is 11.0. The van der Waals surface area contributed by atoms with Crippen molar-refractivity contribution in [3.63, 3.8) is 0 Å². The van der Waals surface area contributed by atoms with Crippen molar-refractivity contribution in [1.82, 2.24) is 0 Å². The molecule has 4 nitrogen and oxygen atoms in total. The fourth-order valence-electron chi connectivity index (χ4n) is 2.22. The van der Waals surface area contributed by atoms with Gasteiger partial charge in [0.1, 0.15) is 5.75 Å². The lowest BCUT2D eigenvalue weighted by molar-refractivity contribution is 0.341. The first-order valence-electron chi connectivity index (χ1n) is 7.42. The van der Waals surface area contributed by atoms with E-state index in [4.69, 9.17) is 4.74 Å². The number of aryl methyl sites for hydroxylation is 1. The summed E-state index contributed by atoms with van der Waals surface area (Å²) in [4.78, 5) is 0.247. The molecule has 0 aliphatic carbocycles. The lowest BCUT2D eigenvalue weighted by Gasteiger charge is -2.25. The van der Waals surface area contributed by atoms with Gasteiger partial charge in [-0.05, 0) is 38.1 Å². The van der Waals surface area contributed by atoms with Crippen LogP contribution in [-0.2, 0) is 10.0 Å². The van der Waals surface area contributed by atoms with E-state index in [9.17, 15) is 8.42 Å². The van der Waals surface area contributed by atoms with E-state index in [1.165, 1.54) is 4.31 Å². The van der Waals surface area contributed by atoms with E-state index in [1.54, 1.807) is 48.5 Å². The third kappa shape index (κ3) is 3.74. The maximum atomic E-state index is 13.0. The van der Waals surface area contributed by atoms with E-state index in [1.807, 2.05) is 19.9 Å². The van der Waals surface area contributed by atoms with Gasteiger partial charge in [0.25, 0.3) is 10.0 Å². The summed E-state index contributed by atoms with van der Waals surface area (Å²) in [7, 11) is -3.69. The smallest absolute Gasteiger partial charge is 0.264 e. The predicted molar refractivity (Wildman–Crippen MR) is 93.5 cm³/mol. The molecule has 0 saturated carbocycles. The molecule has 2 aromatic rings. The molecule has 0 fully saturated rings. The minimum absolute atomic E-state index is 0.167. The number of ether oxygens (including phenoxy) is 1. The fourth-order valence-corrected chi connectivity index (χ4v) is 3.67. The van der Waals surface area contributed by atoms with Gasteiger partial charge in [-0.1, -0.05) is 35.9 Å². The fraction of sp³-hybridized carbons (Fsp3) is 0.222. The van der Waals surface area contributed by atoms with E-state index < -0.39 is 10.0 Å². The second-order valence-corrected chi connectivity index (χ2v) is 6.90. The summed E-state index contributed by atoms with van der Waals surface area (Å²) >= 11 is 0. The molecule has 0 bridgehead atoms. The molecule has 0 aromatic heterocycles. The molecule has 0 N–H and O–H groups in total. The molecular weight excluding hydrogens is 310 g/mol. The predicted octanol–water partition coefficient (Wildman–Crippen LogP) is 3.78. The summed E-state index contributed by atoms with van der Waals surface area (Å²) < 4.78 is 32.9. The van der Waals surface area contributed by atoms with Crippen LogP contribution in [0.3, 0.4) is 0 Å². The van der Waals surface area contributed by atoms with Gasteiger partial charge >= 0.3 is 0 Å². The summed E-state index contributed by atoms with van der Waals surface area (Å²) in [6.07, 6.45) is 1.56. The number of sulfonamides is 1. The van der Waals surface area contributed by atoms with Gasteiger partial charge in [0.2, 0.25) is 0 Å². The molecule has 0 heterocycles. The van der Waals surface area contributed by atoms with Gasteiger partial charge < -0.3 is 4.74 Å². The molecule has 2 aromatic carbocycles. The van der Waals surface area contributed by atoms with Gasteiger partial charge in [-0.15, -0.1) is 6.58 Å². The first-order valence-corrected chi connectivity index (χ1v) is 8.87. The van der Waals surface area contributed by atoms with Crippen LogP contribution in [0.25, 0.3) is 0 Å². The van der Waals surface area contributed by atoms with Crippen LogP contribution >= 0.6 is 0 Å². The van der Waals surface area contributed by atoms with Crippen molar-refractivity contribution in [1.29, 1.82) is 0 Å². The summed E-state index contributed by atoms with van der Waals surface area (Å²) in [5, 5.41) is 0. The van der Waals surface area contributed by atoms with Crippen molar-refractivity contribution < 1.29 is 13.2 Å². The largest absolute Gasteiger partial charge is 0.492 e. The molecule has 2 rings (SSSR count). The Labute approximate surface area is 138 Å². The van der Waals surface area contributed by atoms with Gasteiger partial charge in [-0.3, -0.25) is 4.31 Å². The van der Waals surface area contributed by atoms with Crippen molar-refractivity contribution in [2.75, 3.05) is 17.5 Å². The molecule has 0 amide bonds. The molecule has 0 atom stereocenters. The Morgan fingerprint density at radius 3 is 2.39 bits per heavy atom. The molecular formula is C18H21NO3S. The molecule has 23 heavy (non-hydrogen) atoms. The summed E-state index contributed by atoms with van der Waals surface area (Å²) in [6.45, 7) is 8.09. The highest BCUT2D eigenvalue weighted by molar-refractivity contribution is 7.92. The molecule has 0 aliphatic rings. The second-order valence-electron chi connectivity index (χ2n) is 5.04. The van der Waals surface area contributed by atoms with Crippen LogP contribution in [0, 0.1) is 6.92 Å². The van der Waals surface area contributed by atoms with E-state index >= 15 is 0 Å². The number of nitrogens with zero attached hydrogens (tertiary/aromatic N) is 1. The van der Waals surface area contributed by atoms with Crippen molar-refractivity contribution >= 4 is 15.7 Å². The maximum Gasteiger partial charge on any atom is 0.264 e. The highest BCUT2D eigenvalue weighted by Gasteiger charge is 2.26. The van der Waals surface area contributed by atoms with Crippen LogP contribution in [0.1, 0.15) is 12.5 Å². The van der Waals surface area contributed by atoms with Crippen LogP contribution in [0.2, 0.25) is 0 Å². The lowest BCUT2D eigenvalue weighted by atomic mass is 10.2. The molecule has 5 heteroatoms. The SMILES string of the molecule is C=CCN(c1ccccc1OCC)S(=O)(=O)c1ccc(C)cc1. The van der Waals surface area contributed by atoms with Crippen molar-refractivity contribution in [2.45, 2.75) is 18.7 Å².